The van der Waals surface area contributed by atoms with Gasteiger partial charge in [0, 0.05) is 11.6 Å². The molecule has 0 saturated heterocycles. The van der Waals surface area contributed by atoms with Crippen molar-refractivity contribution in [3.8, 4) is 18.4 Å². The van der Waals surface area contributed by atoms with Crippen LogP contribution in [0.15, 0.2) is 18.2 Å². The van der Waals surface area contributed by atoms with Gasteiger partial charge in [-0.25, -0.2) is 0 Å². The van der Waals surface area contributed by atoms with Crippen LogP contribution in [-0.2, 0) is 0 Å². The smallest absolute Gasteiger partial charge is 0.101 e. The van der Waals surface area contributed by atoms with Crippen LogP contribution in [0.2, 0.25) is 5.02 Å². The van der Waals surface area contributed by atoms with Crippen LogP contribution in [0.25, 0.3) is 0 Å². The lowest BCUT2D eigenvalue weighted by Crippen LogP contribution is -2.25. The SMILES string of the molecule is C#CCN(CCC)c1cc(Cl)ccc1C#N. The van der Waals surface area contributed by atoms with Crippen LogP contribution in [-0.4, -0.2) is 13.1 Å². The molecule has 0 aliphatic heterocycles. The number of nitrogens with zero attached hydrogens (tertiary/aromatic N) is 2. The van der Waals surface area contributed by atoms with Gasteiger partial charge in [-0.2, -0.15) is 5.26 Å². The summed E-state index contributed by atoms with van der Waals surface area (Å²) in [6.45, 7) is 3.38. The van der Waals surface area contributed by atoms with Gasteiger partial charge in [0.05, 0.1) is 17.8 Å². The molecule has 0 fully saturated rings. The van der Waals surface area contributed by atoms with Crippen LogP contribution in [0.1, 0.15) is 18.9 Å². The molecule has 0 saturated carbocycles. The maximum atomic E-state index is 9.02. The van der Waals surface area contributed by atoms with Gasteiger partial charge in [0.1, 0.15) is 6.07 Å². The molecule has 0 spiro atoms. The molecular formula is C13H13ClN2. The molecule has 1 aromatic rings. The van der Waals surface area contributed by atoms with Gasteiger partial charge in [0.15, 0.2) is 0 Å². The minimum absolute atomic E-state index is 0.489. The molecule has 0 N–H and O–H groups in total. The van der Waals surface area contributed by atoms with Gasteiger partial charge >= 0.3 is 0 Å². The summed E-state index contributed by atoms with van der Waals surface area (Å²) in [7, 11) is 0. The van der Waals surface area contributed by atoms with Gasteiger partial charge in [-0.3, -0.25) is 0 Å². The summed E-state index contributed by atoms with van der Waals surface area (Å²) in [6, 6.07) is 7.37. The molecular weight excluding hydrogens is 220 g/mol. The van der Waals surface area contributed by atoms with Gasteiger partial charge in [0.25, 0.3) is 0 Å². The second kappa shape index (κ2) is 6.05. The third kappa shape index (κ3) is 2.92. The second-order valence-corrected chi connectivity index (χ2v) is 3.84. The van der Waals surface area contributed by atoms with Gasteiger partial charge in [-0.15, -0.1) is 6.42 Å². The van der Waals surface area contributed by atoms with E-state index in [1.165, 1.54) is 0 Å². The summed E-state index contributed by atoms with van der Waals surface area (Å²) >= 11 is 5.93. The topological polar surface area (TPSA) is 27.0 Å². The molecule has 1 rings (SSSR count). The van der Waals surface area contributed by atoms with Crippen molar-refractivity contribution in [3.05, 3.63) is 28.8 Å². The fraction of sp³-hybridized carbons (Fsp3) is 0.308. The highest BCUT2D eigenvalue weighted by Gasteiger charge is 2.10. The third-order valence-corrected chi connectivity index (χ3v) is 2.43. The number of hydrogen-bond donors (Lipinski definition) is 0. The zero-order chi connectivity index (χ0) is 12.0. The first-order chi connectivity index (χ1) is 7.72. The fourth-order valence-electron chi connectivity index (χ4n) is 1.53. The summed E-state index contributed by atoms with van der Waals surface area (Å²) < 4.78 is 0. The Hall–Kier alpha value is -1.64. The Bertz CT molecular complexity index is 440. The van der Waals surface area contributed by atoms with Gasteiger partial charge in [-0.1, -0.05) is 24.4 Å². The van der Waals surface area contributed by atoms with Crippen LogP contribution in [0.3, 0.4) is 0 Å². The van der Waals surface area contributed by atoms with Crippen molar-refractivity contribution in [1.29, 1.82) is 5.26 Å². The highest BCUT2D eigenvalue weighted by molar-refractivity contribution is 6.30. The Morgan fingerprint density at radius 2 is 2.25 bits per heavy atom. The molecule has 16 heavy (non-hydrogen) atoms. The Morgan fingerprint density at radius 1 is 1.50 bits per heavy atom. The normalized spacial score (nSPS) is 9.25. The molecule has 3 heteroatoms. The lowest BCUT2D eigenvalue weighted by atomic mass is 10.1. The minimum Gasteiger partial charge on any atom is -0.359 e. The van der Waals surface area contributed by atoms with Crippen molar-refractivity contribution in [1.82, 2.24) is 0 Å². The first-order valence-corrected chi connectivity index (χ1v) is 5.48. The molecule has 0 radical (unpaired) electrons. The molecule has 0 aromatic heterocycles. The largest absolute Gasteiger partial charge is 0.359 e. The molecule has 0 heterocycles. The Balaban J connectivity index is 3.12. The van der Waals surface area contributed by atoms with Crippen LogP contribution >= 0.6 is 11.6 Å². The zero-order valence-corrected chi connectivity index (χ0v) is 9.96. The van der Waals surface area contributed by atoms with Crippen molar-refractivity contribution < 1.29 is 0 Å². The van der Waals surface area contributed by atoms with Crippen molar-refractivity contribution in [2.75, 3.05) is 18.0 Å². The van der Waals surface area contributed by atoms with E-state index in [2.05, 4.69) is 18.9 Å². The zero-order valence-electron chi connectivity index (χ0n) is 9.20. The summed E-state index contributed by atoms with van der Waals surface area (Å²) in [5, 5.41) is 9.64. The Kier molecular flexibility index (Phi) is 4.70. The van der Waals surface area contributed by atoms with E-state index in [0.29, 0.717) is 17.1 Å². The van der Waals surface area contributed by atoms with Crippen LogP contribution in [0, 0.1) is 23.7 Å². The van der Waals surface area contributed by atoms with E-state index in [4.69, 9.17) is 23.3 Å². The maximum absolute atomic E-state index is 9.02. The molecule has 82 valence electrons. The number of hydrogen-bond acceptors (Lipinski definition) is 2. The molecule has 1 aromatic carbocycles. The molecule has 0 bridgehead atoms. The van der Waals surface area contributed by atoms with Crippen molar-refractivity contribution in [3.63, 3.8) is 0 Å². The van der Waals surface area contributed by atoms with E-state index in [1.807, 2.05) is 4.90 Å². The lowest BCUT2D eigenvalue weighted by Gasteiger charge is -2.22. The molecule has 0 amide bonds. The molecule has 2 nitrogen and oxygen atoms in total. The average Bonchev–Trinajstić information content (AvgIpc) is 2.29. The van der Waals surface area contributed by atoms with Crippen molar-refractivity contribution in [2.24, 2.45) is 0 Å². The van der Waals surface area contributed by atoms with Crippen LogP contribution in [0.5, 0.6) is 0 Å². The monoisotopic (exact) mass is 232 g/mol. The highest BCUT2D eigenvalue weighted by atomic mass is 35.5. The highest BCUT2D eigenvalue weighted by Crippen LogP contribution is 2.24. The van der Waals surface area contributed by atoms with Gasteiger partial charge in [-0.05, 0) is 24.6 Å². The standard InChI is InChI=1S/C13H13ClN2/c1-3-7-16(8-4-2)13-9-12(14)6-5-11(13)10-15/h1,5-6,9H,4,7-8H2,2H3. The summed E-state index contributed by atoms with van der Waals surface area (Å²) in [5.41, 5.74) is 1.42. The van der Waals surface area contributed by atoms with E-state index in [0.717, 1.165) is 18.7 Å². The van der Waals surface area contributed by atoms with E-state index >= 15 is 0 Å². The Labute approximate surface area is 101 Å². The van der Waals surface area contributed by atoms with E-state index in [1.54, 1.807) is 18.2 Å². The second-order valence-electron chi connectivity index (χ2n) is 3.40. The first-order valence-electron chi connectivity index (χ1n) is 5.11. The maximum Gasteiger partial charge on any atom is 0.101 e. The third-order valence-electron chi connectivity index (χ3n) is 2.20. The Morgan fingerprint density at radius 3 is 2.81 bits per heavy atom. The minimum atomic E-state index is 0.489. The molecule has 0 unspecified atom stereocenters. The van der Waals surface area contributed by atoms with Crippen molar-refractivity contribution >= 4 is 17.3 Å². The number of terminal acetylenes is 1. The first kappa shape index (κ1) is 12.4. The number of benzene rings is 1. The lowest BCUT2D eigenvalue weighted by molar-refractivity contribution is 0.822. The van der Waals surface area contributed by atoms with Crippen molar-refractivity contribution in [2.45, 2.75) is 13.3 Å². The van der Waals surface area contributed by atoms with E-state index in [9.17, 15) is 0 Å². The van der Waals surface area contributed by atoms with E-state index in [-0.39, 0.29) is 0 Å². The predicted molar refractivity (Wildman–Crippen MR) is 67.5 cm³/mol. The summed E-state index contributed by atoms with van der Waals surface area (Å²) in [4.78, 5) is 1.99. The summed E-state index contributed by atoms with van der Waals surface area (Å²) in [5.74, 6) is 2.60. The number of anilines is 1. The summed E-state index contributed by atoms with van der Waals surface area (Å²) in [6.07, 6.45) is 6.29. The number of rotatable bonds is 4. The van der Waals surface area contributed by atoms with Crippen LogP contribution in [0.4, 0.5) is 5.69 Å². The number of halogens is 1. The fourth-order valence-corrected chi connectivity index (χ4v) is 1.69. The molecule has 0 aliphatic carbocycles. The van der Waals surface area contributed by atoms with Crippen LogP contribution < -0.4 is 4.90 Å². The molecule has 0 atom stereocenters. The van der Waals surface area contributed by atoms with E-state index < -0.39 is 0 Å². The average molecular weight is 233 g/mol. The predicted octanol–water partition coefficient (Wildman–Crippen LogP) is 3.06. The number of nitriles is 1. The quantitative estimate of drug-likeness (QED) is 0.746. The van der Waals surface area contributed by atoms with Gasteiger partial charge < -0.3 is 4.90 Å². The molecule has 0 aliphatic rings. The van der Waals surface area contributed by atoms with Gasteiger partial charge in [0.2, 0.25) is 0 Å².